The molecule has 0 radical (unpaired) electrons. The normalized spacial score (nSPS) is 19.0. The van der Waals surface area contributed by atoms with Crippen LogP contribution in [-0.2, 0) is 31.8 Å². The largest absolute Gasteiger partial charge is 0.508 e. The third kappa shape index (κ3) is 5.94. The second-order valence-electron chi connectivity index (χ2n) is 7.69. The second-order valence-corrected chi connectivity index (χ2v) is 7.69. The highest BCUT2D eigenvalue weighted by atomic mass is 16.8. The fraction of sp³-hybridized carbons (Fsp3) is 0.417. The lowest BCUT2D eigenvalue weighted by Crippen LogP contribution is -2.20. The summed E-state index contributed by atoms with van der Waals surface area (Å²) in [6.45, 7) is 0.724. The van der Waals surface area contributed by atoms with Crippen LogP contribution in [0.25, 0.3) is 0 Å². The van der Waals surface area contributed by atoms with Crippen LogP contribution in [-0.4, -0.2) is 65.2 Å². The number of carbonyl (C=O) groups is 2. The minimum atomic E-state index is -0.680. The van der Waals surface area contributed by atoms with Gasteiger partial charge in [0.1, 0.15) is 26.4 Å². The van der Waals surface area contributed by atoms with Crippen molar-refractivity contribution < 1.29 is 47.5 Å². The quantitative estimate of drug-likeness (QED) is 0.450. The van der Waals surface area contributed by atoms with Gasteiger partial charge in [-0.05, 0) is 48.2 Å². The van der Waals surface area contributed by atoms with Gasteiger partial charge >= 0.3 is 12.3 Å². The van der Waals surface area contributed by atoms with Crippen molar-refractivity contribution in [3.05, 3.63) is 47.5 Å². The number of aryl methyl sites for hydroxylation is 2. The number of carbonyl (C=O) groups excluding carboxylic acids is 2. The van der Waals surface area contributed by atoms with E-state index in [0.29, 0.717) is 23.0 Å². The van der Waals surface area contributed by atoms with Gasteiger partial charge in [-0.3, -0.25) is 0 Å². The number of ether oxygens (including phenoxy) is 8. The van der Waals surface area contributed by atoms with Gasteiger partial charge in [-0.1, -0.05) is 12.1 Å². The summed E-state index contributed by atoms with van der Waals surface area (Å²) in [6, 6.07) is 11.5. The van der Waals surface area contributed by atoms with Gasteiger partial charge < -0.3 is 37.9 Å². The average Bonchev–Trinajstić information content (AvgIpc) is 3.47. The van der Waals surface area contributed by atoms with E-state index >= 15 is 0 Å². The first kappa shape index (κ1) is 23.3. The van der Waals surface area contributed by atoms with E-state index in [4.69, 9.17) is 37.9 Å². The molecular formula is C24H26O10. The van der Waals surface area contributed by atoms with E-state index in [0.717, 1.165) is 24.0 Å². The van der Waals surface area contributed by atoms with Crippen LogP contribution in [0.1, 0.15) is 11.1 Å². The van der Waals surface area contributed by atoms with Crippen LogP contribution < -0.4 is 18.9 Å². The van der Waals surface area contributed by atoms with E-state index in [1.54, 1.807) is 14.2 Å². The van der Waals surface area contributed by atoms with Crippen LogP contribution in [0.15, 0.2) is 36.4 Å². The second kappa shape index (κ2) is 10.9. The molecule has 0 aliphatic carbocycles. The van der Waals surface area contributed by atoms with E-state index in [2.05, 4.69) is 0 Å². The van der Waals surface area contributed by atoms with Crippen molar-refractivity contribution in [3.8, 4) is 23.0 Å². The molecule has 0 amide bonds. The van der Waals surface area contributed by atoms with Gasteiger partial charge in [-0.15, -0.1) is 0 Å². The van der Waals surface area contributed by atoms with Crippen LogP contribution in [0.2, 0.25) is 0 Å². The molecule has 2 unspecified atom stereocenters. The van der Waals surface area contributed by atoms with Gasteiger partial charge in [0.05, 0.1) is 14.2 Å². The topological polar surface area (TPSA) is 108 Å². The Morgan fingerprint density at radius 1 is 0.706 bits per heavy atom. The van der Waals surface area contributed by atoms with Crippen LogP contribution >= 0.6 is 0 Å². The van der Waals surface area contributed by atoms with Gasteiger partial charge in [-0.25, -0.2) is 9.59 Å². The van der Waals surface area contributed by atoms with Crippen LogP contribution in [0, 0.1) is 0 Å². The monoisotopic (exact) mass is 474 g/mol. The Hall–Kier alpha value is -3.82. The minimum absolute atomic E-state index is 0.176. The third-order valence-corrected chi connectivity index (χ3v) is 5.31. The summed E-state index contributed by atoms with van der Waals surface area (Å²) in [5, 5.41) is 0. The van der Waals surface area contributed by atoms with Gasteiger partial charge in [0.2, 0.25) is 0 Å². The summed E-state index contributed by atoms with van der Waals surface area (Å²) in [7, 11) is 3.15. The molecule has 0 N–H and O–H groups in total. The Labute approximate surface area is 196 Å². The first-order valence-electron chi connectivity index (χ1n) is 10.8. The molecule has 2 saturated heterocycles. The number of rotatable bonds is 11. The zero-order chi connectivity index (χ0) is 23.9. The molecule has 2 aromatic carbocycles. The molecule has 0 bridgehead atoms. The number of cyclic esters (lactones) is 4. The molecule has 2 aliphatic heterocycles. The Bertz CT molecular complexity index is 939. The molecule has 182 valence electrons. The third-order valence-electron chi connectivity index (χ3n) is 5.31. The van der Waals surface area contributed by atoms with Gasteiger partial charge in [0.15, 0.2) is 35.2 Å². The van der Waals surface area contributed by atoms with Crippen molar-refractivity contribution in [2.75, 3.05) is 40.6 Å². The van der Waals surface area contributed by atoms with Crippen molar-refractivity contribution in [2.24, 2.45) is 0 Å². The van der Waals surface area contributed by atoms with Gasteiger partial charge in [0.25, 0.3) is 0 Å². The number of hydrogen-bond donors (Lipinski definition) is 0. The number of methoxy groups -OCH3 is 2. The predicted molar refractivity (Wildman–Crippen MR) is 117 cm³/mol. The lowest BCUT2D eigenvalue weighted by Gasteiger charge is -2.15. The maximum atomic E-state index is 11.0. The summed E-state index contributed by atoms with van der Waals surface area (Å²) in [6.07, 6.45) is -0.685. The Morgan fingerprint density at radius 2 is 1.15 bits per heavy atom. The van der Waals surface area contributed by atoms with Crippen LogP contribution in [0.4, 0.5) is 9.59 Å². The lowest BCUT2D eigenvalue weighted by atomic mass is 10.0. The van der Waals surface area contributed by atoms with Crippen molar-refractivity contribution in [1.29, 1.82) is 0 Å². The molecule has 34 heavy (non-hydrogen) atoms. The minimum Gasteiger partial charge on any atom is -0.493 e. The molecule has 10 heteroatoms. The van der Waals surface area contributed by atoms with E-state index in [9.17, 15) is 9.59 Å². The number of hydrogen-bond acceptors (Lipinski definition) is 10. The molecule has 10 nitrogen and oxygen atoms in total. The molecule has 4 rings (SSSR count). The molecule has 2 aromatic rings. The standard InChI is InChI=1S/C24H26O10/c1-27-21-9-15(5-7-19(21)29-11-17-13-31-23(25)33-17)3-4-16-6-8-20(22(10-16)28-2)30-12-18-14-32-24(26)34-18/h5-10,17-18H,3-4,11-14H2,1-2H3. The summed E-state index contributed by atoms with van der Waals surface area (Å²) in [5.41, 5.74) is 2.14. The van der Waals surface area contributed by atoms with E-state index in [1.807, 2.05) is 36.4 Å². The molecule has 2 fully saturated rings. The molecule has 0 saturated carbocycles. The maximum Gasteiger partial charge on any atom is 0.508 e. The Kier molecular flexibility index (Phi) is 7.46. The lowest BCUT2D eigenvalue weighted by molar-refractivity contribution is 0.0968. The summed E-state index contributed by atoms with van der Waals surface area (Å²) in [4.78, 5) is 22.0. The first-order chi connectivity index (χ1) is 16.5. The maximum absolute atomic E-state index is 11.0. The molecule has 2 atom stereocenters. The number of benzene rings is 2. The van der Waals surface area contributed by atoms with Crippen LogP contribution in [0.3, 0.4) is 0 Å². The van der Waals surface area contributed by atoms with Gasteiger partial charge in [0, 0.05) is 0 Å². The fourth-order valence-corrected chi connectivity index (χ4v) is 3.52. The molecule has 2 aliphatic rings. The first-order valence-corrected chi connectivity index (χ1v) is 10.8. The summed E-state index contributed by atoms with van der Waals surface area (Å²) in [5.74, 6) is 2.33. The summed E-state index contributed by atoms with van der Waals surface area (Å²) >= 11 is 0. The van der Waals surface area contributed by atoms with Crippen molar-refractivity contribution in [1.82, 2.24) is 0 Å². The zero-order valence-corrected chi connectivity index (χ0v) is 18.9. The molecule has 2 heterocycles. The fourth-order valence-electron chi connectivity index (χ4n) is 3.52. The Balaban J connectivity index is 1.32. The molecule has 0 spiro atoms. The Morgan fingerprint density at radius 3 is 1.50 bits per heavy atom. The van der Waals surface area contributed by atoms with Gasteiger partial charge in [-0.2, -0.15) is 0 Å². The average molecular weight is 474 g/mol. The SMILES string of the molecule is COc1cc(CCc2ccc(OCC3COC(=O)O3)c(OC)c2)ccc1OCC1COC(=O)O1. The van der Waals surface area contributed by atoms with Crippen molar-refractivity contribution >= 4 is 12.3 Å². The van der Waals surface area contributed by atoms with Crippen LogP contribution in [0.5, 0.6) is 23.0 Å². The zero-order valence-electron chi connectivity index (χ0n) is 18.9. The molecular weight excluding hydrogens is 448 g/mol. The highest BCUT2D eigenvalue weighted by molar-refractivity contribution is 5.62. The van der Waals surface area contributed by atoms with Crippen molar-refractivity contribution in [2.45, 2.75) is 25.0 Å². The highest BCUT2D eigenvalue weighted by Crippen LogP contribution is 2.31. The van der Waals surface area contributed by atoms with E-state index < -0.39 is 24.5 Å². The predicted octanol–water partition coefficient (Wildman–Crippen LogP) is 3.32. The molecule has 0 aromatic heterocycles. The summed E-state index contributed by atoms with van der Waals surface area (Å²) < 4.78 is 41.9. The van der Waals surface area contributed by atoms with E-state index in [1.165, 1.54) is 0 Å². The van der Waals surface area contributed by atoms with Crippen molar-refractivity contribution in [3.63, 3.8) is 0 Å². The smallest absolute Gasteiger partial charge is 0.493 e. The highest BCUT2D eigenvalue weighted by Gasteiger charge is 2.27. The van der Waals surface area contributed by atoms with E-state index in [-0.39, 0.29) is 26.4 Å².